The molecule has 0 radical (unpaired) electrons. The molecule has 2 aromatic rings. The Morgan fingerprint density at radius 2 is 1.46 bits per heavy atom. The summed E-state index contributed by atoms with van der Waals surface area (Å²) in [7, 11) is 0. The van der Waals surface area contributed by atoms with Crippen molar-refractivity contribution in [1.82, 2.24) is 0 Å². The van der Waals surface area contributed by atoms with Crippen molar-refractivity contribution in [2.75, 3.05) is 0 Å². The first-order valence-corrected chi connectivity index (χ1v) is 8.18. The first-order valence-electron chi connectivity index (χ1n) is 8.18. The average molecular weight is 310 g/mol. The molecule has 0 N–H and O–H groups in total. The van der Waals surface area contributed by atoms with Gasteiger partial charge in [-0.25, -0.2) is 0 Å². The highest BCUT2D eigenvalue weighted by Gasteiger charge is 2.45. The summed E-state index contributed by atoms with van der Waals surface area (Å²) in [6, 6.07) is 17.2. The van der Waals surface area contributed by atoms with Crippen LogP contribution in [0.25, 0.3) is 11.1 Å². The lowest BCUT2D eigenvalue weighted by Gasteiger charge is -2.34. The lowest BCUT2D eigenvalue weighted by molar-refractivity contribution is 0.767. The van der Waals surface area contributed by atoms with Crippen LogP contribution in [0.5, 0.6) is 0 Å². The summed E-state index contributed by atoms with van der Waals surface area (Å²) >= 11 is 0. The van der Waals surface area contributed by atoms with Gasteiger partial charge in [-0.05, 0) is 40.3 Å². The van der Waals surface area contributed by atoms with Crippen LogP contribution in [0.4, 0.5) is 0 Å². The molecule has 0 aromatic heterocycles. The fourth-order valence-corrected chi connectivity index (χ4v) is 3.87. The topological polar surface area (TPSA) is 0 Å². The quantitative estimate of drug-likeness (QED) is 0.562. The van der Waals surface area contributed by atoms with Crippen molar-refractivity contribution in [2.24, 2.45) is 0 Å². The van der Waals surface area contributed by atoms with E-state index in [1.165, 1.54) is 22.3 Å². The third-order valence-corrected chi connectivity index (χ3v) is 4.83. The van der Waals surface area contributed by atoms with Gasteiger partial charge in [-0.3, -0.25) is 0 Å². The Morgan fingerprint density at radius 3 is 1.92 bits per heavy atom. The minimum atomic E-state index is -0.400. The molecule has 0 heterocycles. The number of hydrogen-bond donors (Lipinski definition) is 0. The second-order valence-electron chi connectivity index (χ2n) is 5.91. The fourth-order valence-electron chi connectivity index (χ4n) is 3.87. The van der Waals surface area contributed by atoms with E-state index >= 15 is 0 Å². The van der Waals surface area contributed by atoms with Gasteiger partial charge in [-0.1, -0.05) is 98.6 Å². The van der Waals surface area contributed by atoms with Gasteiger partial charge in [0.2, 0.25) is 0 Å². The molecule has 118 valence electrons. The monoisotopic (exact) mass is 310 g/mol. The van der Waals surface area contributed by atoms with Crippen LogP contribution in [-0.4, -0.2) is 0 Å². The molecule has 24 heavy (non-hydrogen) atoms. The summed E-state index contributed by atoms with van der Waals surface area (Å²) in [6.07, 6.45) is 9.88. The third kappa shape index (κ3) is 2.07. The predicted octanol–water partition coefficient (Wildman–Crippen LogP) is 6.38. The SMILES string of the molecule is C=C/C=C\C(=C)C1(/C(C=C)=C/C)c2ccccc2-c2ccccc21. The molecule has 0 saturated heterocycles. The lowest BCUT2D eigenvalue weighted by Crippen LogP contribution is -2.28. The van der Waals surface area contributed by atoms with Gasteiger partial charge in [0.15, 0.2) is 0 Å². The molecule has 0 nitrogen and oxygen atoms in total. The van der Waals surface area contributed by atoms with Gasteiger partial charge < -0.3 is 0 Å². The van der Waals surface area contributed by atoms with Crippen molar-refractivity contribution >= 4 is 0 Å². The largest absolute Gasteiger partial charge is 0.0991 e. The van der Waals surface area contributed by atoms with Crippen molar-refractivity contribution in [1.29, 1.82) is 0 Å². The first kappa shape index (κ1) is 16.0. The summed E-state index contributed by atoms with van der Waals surface area (Å²) in [5.74, 6) is 0. The molecule has 3 rings (SSSR count). The van der Waals surface area contributed by atoms with Crippen molar-refractivity contribution in [3.05, 3.63) is 121 Å². The Hall–Kier alpha value is -2.86. The van der Waals surface area contributed by atoms with Crippen LogP contribution in [-0.2, 0) is 5.41 Å². The van der Waals surface area contributed by atoms with E-state index in [-0.39, 0.29) is 0 Å². The summed E-state index contributed by atoms with van der Waals surface area (Å²) in [5.41, 5.74) is 6.83. The van der Waals surface area contributed by atoms with Gasteiger partial charge in [0.25, 0.3) is 0 Å². The first-order chi connectivity index (χ1) is 11.7. The molecular weight excluding hydrogens is 288 g/mol. The summed E-state index contributed by atoms with van der Waals surface area (Å²) in [6.45, 7) is 14.4. The van der Waals surface area contributed by atoms with Crippen molar-refractivity contribution in [3.63, 3.8) is 0 Å². The summed E-state index contributed by atoms with van der Waals surface area (Å²) in [5, 5.41) is 0. The molecule has 0 unspecified atom stereocenters. The smallest absolute Gasteiger partial charge is 0.0704 e. The molecule has 0 heteroatoms. The maximum absolute atomic E-state index is 4.44. The van der Waals surface area contributed by atoms with Gasteiger partial charge in [0.05, 0.1) is 5.41 Å². The van der Waals surface area contributed by atoms with Crippen molar-refractivity contribution < 1.29 is 0 Å². The highest BCUT2D eigenvalue weighted by molar-refractivity contribution is 5.86. The van der Waals surface area contributed by atoms with Crippen LogP contribution in [0.2, 0.25) is 0 Å². The van der Waals surface area contributed by atoms with Crippen LogP contribution < -0.4 is 0 Å². The number of benzene rings is 2. The van der Waals surface area contributed by atoms with Crippen LogP contribution >= 0.6 is 0 Å². The van der Waals surface area contributed by atoms with E-state index in [0.29, 0.717) is 0 Å². The van der Waals surface area contributed by atoms with Crippen molar-refractivity contribution in [3.8, 4) is 11.1 Å². The standard InChI is InChI=1S/C24H22/c1-5-8-13-18(4)24(19(6-2)7-3)22-16-11-9-14-20(22)21-15-10-12-17-23(21)24/h5-17H,1-2,4H2,3H3/b13-8-,19-7+. The van der Waals surface area contributed by atoms with Crippen LogP contribution in [0.15, 0.2) is 110 Å². The molecule has 0 bridgehead atoms. The third-order valence-electron chi connectivity index (χ3n) is 4.83. The molecule has 1 aliphatic carbocycles. The average Bonchev–Trinajstić information content (AvgIpc) is 2.93. The minimum absolute atomic E-state index is 0.400. The van der Waals surface area contributed by atoms with Gasteiger partial charge in [-0.15, -0.1) is 0 Å². The Balaban J connectivity index is 2.45. The summed E-state index contributed by atoms with van der Waals surface area (Å²) < 4.78 is 0. The number of hydrogen-bond acceptors (Lipinski definition) is 0. The zero-order chi connectivity index (χ0) is 17.2. The van der Waals surface area contributed by atoms with E-state index in [4.69, 9.17) is 0 Å². The number of fused-ring (bicyclic) bond motifs is 3. The zero-order valence-electron chi connectivity index (χ0n) is 14.1. The predicted molar refractivity (Wildman–Crippen MR) is 105 cm³/mol. The second-order valence-corrected chi connectivity index (χ2v) is 5.91. The zero-order valence-corrected chi connectivity index (χ0v) is 14.1. The van der Waals surface area contributed by atoms with Crippen LogP contribution in [0.1, 0.15) is 18.1 Å². The fraction of sp³-hybridized carbons (Fsp3) is 0.0833. The lowest BCUT2D eigenvalue weighted by atomic mass is 9.67. The molecule has 0 amide bonds. The maximum Gasteiger partial charge on any atom is 0.0704 e. The van der Waals surface area contributed by atoms with Crippen LogP contribution in [0.3, 0.4) is 0 Å². The number of rotatable bonds is 5. The van der Waals surface area contributed by atoms with E-state index in [1.54, 1.807) is 6.08 Å². The highest BCUT2D eigenvalue weighted by atomic mass is 14.5. The minimum Gasteiger partial charge on any atom is -0.0991 e. The van der Waals surface area contributed by atoms with Gasteiger partial charge in [0.1, 0.15) is 0 Å². The molecule has 0 fully saturated rings. The van der Waals surface area contributed by atoms with E-state index in [0.717, 1.165) is 11.1 Å². The molecule has 0 atom stereocenters. The Bertz CT molecular complexity index is 829. The molecule has 0 spiro atoms. The van der Waals surface area contributed by atoms with E-state index in [2.05, 4.69) is 87.3 Å². The molecule has 0 saturated carbocycles. The molecule has 2 aromatic carbocycles. The molecule has 0 aliphatic heterocycles. The maximum atomic E-state index is 4.44. The van der Waals surface area contributed by atoms with E-state index in [9.17, 15) is 0 Å². The van der Waals surface area contributed by atoms with Gasteiger partial charge in [-0.2, -0.15) is 0 Å². The summed E-state index contributed by atoms with van der Waals surface area (Å²) in [4.78, 5) is 0. The second kappa shape index (κ2) is 6.33. The molecule has 1 aliphatic rings. The van der Waals surface area contributed by atoms with E-state index < -0.39 is 5.41 Å². The van der Waals surface area contributed by atoms with Crippen molar-refractivity contribution in [2.45, 2.75) is 12.3 Å². The Morgan fingerprint density at radius 1 is 0.917 bits per heavy atom. The van der Waals surface area contributed by atoms with E-state index in [1.807, 2.05) is 12.2 Å². The van der Waals surface area contributed by atoms with Crippen LogP contribution in [0, 0.1) is 0 Å². The highest BCUT2D eigenvalue weighted by Crippen LogP contribution is 2.56. The van der Waals surface area contributed by atoms with Gasteiger partial charge >= 0.3 is 0 Å². The Labute approximate surface area is 144 Å². The number of allylic oxidation sites excluding steroid dienone is 7. The normalized spacial score (nSPS) is 15.0. The molecular formula is C24H22. The van der Waals surface area contributed by atoms with Gasteiger partial charge in [0, 0.05) is 0 Å². The Kier molecular flexibility index (Phi) is 4.22.